The van der Waals surface area contributed by atoms with Crippen molar-refractivity contribution in [3.8, 4) is 11.8 Å². The van der Waals surface area contributed by atoms with Crippen LogP contribution < -0.4 is 0 Å². The zero-order valence-corrected chi connectivity index (χ0v) is 16.1. The number of carbonyl (C=O) groups is 1. The lowest BCUT2D eigenvalue weighted by molar-refractivity contribution is 0.0682. The van der Waals surface area contributed by atoms with E-state index in [2.05, 4.69) is 30.3 Å². The van der Waals surface area contributed by atoms with Crippen LogP contribution in [0.5, 0.6) is 0 Å². The van der Waals surface area contributed by atoms with E-state index in [0.717, 1.165) is 19.3 Å². The molecule has 0 radical (unpaired) electrons. The van der Waals surface area contributed by atoms with E-state index in [1.165, 1.54) is 17.7 Å². The number of hydrogen-bond acceptors (Lipinski definition) is 2. The highest BCUT2D eigenvalue weighted by Crippen LogP contribution is 2.25. The van der Waals surface area contributed by atoms with Gasteiger partial charge in [-0.3, -0.25) is 4.79 Å². The number of aromatic nitrogens is 1. The SMILES string of the molecule is N#Cc1ccn(-c2cccc(F)c2)c1C(=O)N1CCC(Cc2ccccc2)CC1. The van der Waals surface area contributed by atoms with E-state index in [-0.39, 0.29) is 11.7 Å². The van der Waals surface area contributed by atoms with Gasteiger partial charge in [0, 0.05) is 25.0 Å². The Hall–Kier alpha value is -3.39. The smallest absolute Gasteiger partial charge is 0.272 e. The first-order valence-corrected chi connectivity index (χ1v) is 9.86. The van der Waals surface area contributed by atoms with Crippen molar-refractivity contribution in [2.45, 2.75) is 19.3 Å². The lowest BCUT2D eigenvalue weighted by Crippen LogP contribution is -2.40. The van der Waals surface area contributed by atoms with Gasteiger partial charge in [-0.2, -0.15) is 5.26 Å². The number of amides is 1. The Morgan fingerprint density at radius 2 is 1.83 bits per heavy atom. The van der Waals surface area contributed by atoms with Crippen LogP contribution in [0.3, 0.4) is 0 Å². The van der Waals surface area contributed by atoms with E-state index in [4.69, 9.17) is 0 Å². The van der Waals surface area contributed by atoms with Gasteiger partial charge in [0.2, 0.25) is 0 Å². The van der Waals surface area contributed by atoms with Gasteiger partial charge in [0.1, 0.15) is 17.6 Å². The van der Waals surface area contributed by atoms with E-state index in [9.17, 15) is 14.4 Å². The van der Waals surface area contributed by atoms with Crippen LogP contribution in [0, 0.1) is 23.1 Å². The Kier molecular flexibility index (Phi) is 5.44. The molecule has 2 aromatic carbocycles. The van der Waals surface area contributed by atoms with Gasteiger partial charge >= 0.3 is 0 Å². The van der Waals surface area contributed by atoms with E-state index >= 15 is 0 Å². The van der Waals surface area contributed by atoms with Crippen LogP contribution in [0.2, 0.25) is 0 Å². The van der Waals surface area contributed by atoms with Gasteiger partial charge in [0.05, 0.1) is 5.56 Å². The average molecular weight is 387 g/mol. The van der Waals surface area contributed by atoms with Crippen molar-refractivity contribution in [2.24, 2.45) is 5.92 Å². The number of likely N-dealkylation sites (tertiary alicyclic amines) is 1. The largest absolute Gasteiger partial charge is 0.337 e. The molecule has 5 heteroatoms. The zero-order valence-electron chi connectivity index (χ0n) is 16.1. The summed E-state index contributed by atoms with van der Waals surface area (Å²) >= 11 is 0. The monoisotopic (exact) mass is 387 g/mol. The minimum Gasteiger partial charge on any atom is -0.337 e. The highest BCUT2D eigenvalue weighted by molar-refractivity contribution is 5.96. The molecule has 0 atom stereocenters. The van der Waals surface area contributed by atoms with Crippen LogP contribution in [0.1, 0.15) is 34.5 Å². The molecule has 0 saturated carbocycles. The predicted octanol–water partition coefficient (Wildman–Crippen LogP) is 4.58. The second kappa shape index (κ2) is 8.32. The summed E-state index contributed by atoms with van der Waals surface area (Å²) in [4.78, 5) is 15.1. The molecular weight excluding hydrogens is 365 g/mol. The average Bonchev–Trinajstić information content (AvgIpc) is 3.19. The lowest BCUT2D eigenvalue weighted by atomic mass is 9.90. The van der Waals surface area contributed by atoms with Crippen molar-refractivity contribution in [3.05, 3.63) is 89.5 Å². The van der Waals surface area contributed by atoms with Crippen molar-refractivity contribution in [1.82, 2.24) is 9.47 Å². The predicted molar refractivity (Wildman–Crippen MR) is 109 cm³/mol. The molecule has 0 unspecified atom stereocenters. The summed E-state index contributed by atoms with van der Waals surface area (Å²) in [5.41, 5.74) is 2.48. The molecule has 1 aliphatic heterocycles. The Morgan fingerprint density at radius 1 is 1.07 bits per heavy atom. The molecule has 4 nitrogen and oxygen atoms in total. The van der Waals surface area contributed by atoms with Crippen LogP contribution in [-0.2, 0) is 6.42 Å². The zero-order chi connectivity index (χ0) is 20.2. The van der Waals surface area contributed by atoms with Crippen LogP contribution in [0.15, 0.2) is 66.9 Å². The summed E-state index contributed by atoms with van der Waals surface area (Å²) < 4.78 is 15.3. The molecule has 1 fully saturated rings. The third kappa shape index (κ3) is 4.07. The van der Waals surface area contributed by atoms with Crippen molar-refractivity contribution in [3.63, 3.8) is 0 Å². The molecule has 0 spiro atoms. The van der Waals surface area contributed by atoms with E-state index in [1.807, 2.05) is 11.0 Å². The van der Waals surface area contributed by atoms with Crippen LogP contribution in [-0.4, -0.2) is 28.5 Å². The van der Waals surface area contributed by atoms with E-state index < -0.39 is 0 Å². The number of nitriles is 1. The quantitative estimate of drug-likeness (QED) is 0.658. The molecule has 146 valence electrons. The Balaban J connectivity index is 1.51. The van der Waals surface area contributed by atoms with Crippen molar-refractivity contribution < 1.29 is 9.18 Å². The third-order valence-electron chi connectivity index (χ3n) is 5.56. The third-order valence-corrected chi connectivity index (χ3v) is 5.56. The highest BCUT2D eigenvalue weighted by atomic mass is 19.1. The molecule has 4 rings (SSSR count). The molecule has 1 amide bonds. The van der Waals surface area contributed by atoms with Crippen molar-refractivity contribution in [2.75, 3.05) is 13.1 Å². The van der Waals surface area contributed by atoms with Gasteiger partial charge in [-0.25, -0.2) is 4.39 Å². The second-order valence-corrected chi connectivity index (χ2v) is 7.46. The lowest BCUT2D eigenvalue weighted by Gasteiger charge is -2.32. The van der Waals surface area contributed by atoms with Gasteiger partial charge in [0.15, 0.2) is 0 Å². The number of hydrogen-bond donors (Lipinski definition) is 0. The topological polar surface area (TPSA) is 49.0 Å². The Labute approximate surface area is 169 Å². The van der Waals surface area contributed by atoms with Crippen LogP contribution in [0.25, 0.3) is 5.69 Å². The fourth-order valence-electron chi connectivity index (χ4n) is 4.02. The first-order chi connectivity index (χ1) is 14.2. The Morgan fingerprint density at radius 3 is 2.52 bits per heavy atom. The maximum absolute atomic E-state index is 13.7. The van der Waals surface area contributed by atoms with Gasteiger partial charge in [0.25, 0.3) is 5.91 Å². The van der Waals surface area contributed by atoms with Crippen LogP contribution >= 0.6 is 0 Å². The van der Waals surface area contributed by atoms with Gasteiger partial charge in [-0.1, -0.05) is 36.4 Å². The normalized spacial score (nSPS) is 14.6. The van der Waals surface area contributed by atoms with E-state index in [1.54, 1.807) is 29.0 Å². The Bertz CT molecular complexity index is 1040. The number of benzene rings is 2. The molecule has 1 aliphatic rings. The molecule has 0 bridgehead atoms. The highest BCUT2D eigenvalue weighted by Gasteiger charge is 2.28. The fourth-order valence-corrected chi connectivity index (χ4v) is 4.02. The molecular formula is C24H22FN3O. The number of piperidine rings is 1. The minimum atomic E-state index is -0.380. The molecule has 2 heterocycles. The molecule has 0 aliphatic carbocycles. The summed E-state index contributed by atoms with van der Waals surface area (Å²) in [6.07, 6.45) is 4.54. The van der Waals surface area contributed by atoms with Crippen molar-refractivity contribution >= 4 is 5.91 Å². The standard InChI is InChI=1S/C24H22FN3O/c25-21-7-4-8-22(16-21)28-14-11-20(17-26)23(28)24(29)27-12-9-19(10-13-27)15-18-5-2-1-3-6-18/h1-8,11,14,16,19H,9-10,12-13,15H2. The van der Waals surface area contributed by atoms with Crippen molar-refractivity contribution in [1.29, 1.82) is 5.26 Å². The maximum Gasteiger partial charge on any atom is 0.272 e. The van der Waals surface area contributed by atoms with E-state index in [0.29, 0.717) is 36.0 Å². The molecule has 29 heavy (non-hydrogen) atoms. The molecule has 0 N–H and O–H groups in total. The van der Waals surface area contributed by atoms with Crippen LogP contribution in [0.4, 0.5) is 4.39 Å². The molecule has 1 saturated heterocycles. The van der Waals surface area contributed by atoms with Gasteiger partial charge < -0.3 is 9.47 Å². The summed E-state index contributed by atoms with van der Waals surface area (Å²) in [5.74, 6) is -0.00398. The number of carbonyl (C=O) groups excluding carboxylic acids is 1. The first-order valence-electron chi connectivity index (χ1n) is 9.86. The van der Waals surface area contributed by atoms with Gasteiger partial charge in [-0.05, 0) is 55.0 Å². The maximum atomic E-state index is 13.7. The number of nitrogens with zero attached hydrogens (tertiary/aromatic N) is 3. The second-order valence-electron chi connectivity index (χ2n) is 7.46. The summed E-state index contributed by atoms with van der Waals surface area (Å²) in [6, 6.07) is 20.2. The summed E-state index contributed by atoms with van der Waals surface area (Å²) in [7, 11) is 0. The first kappa shape index (κ1) is 18.9. The minimum absolute atomic E-state index is 0.172. The number of halogens is 1. The number of rotatable bonds is 4. The fraction of sp³-hybridized carbons (Fsp3) is 0.250. The molecule has 1 aromatic heterocycles. The van der Waals surface area contributed by atoms with Gasteiger partial charge in [-0.15, -0.1) is 0 Å². The molecule has 3 aromatic rings. The summed E-state index contributed by atoms with van der Waals surface area (Å²) in [6.45, 7) is 1.32. The summed E-state index contributed by atoms with van der Waals surface area (Å²) in [5, 5.41) is 9.48.